The van der Waals surface area contributed by atoms with Crippen LogP contribution in [0.5, 0.6) is 11.5 Å². The van der Waals surface area contributed by atoms with E-state index in [4.69, 9.17) is 9.47 Å². The molecule has 1 aliphatic heterocycles. The van der Waals surface area contributed by atoms with Gasteiger partial charge in [-0.2, -0.15) is 0 Å². The first-order valence-electron chi connectivity index (χ1n) is 4.79. The second-order valence-corrected chi connectivity index (χ2v) is 3.40. The molecule has 1 aliphatic rings. The van der Waals surface area contributed by atoms with Gasteiger partial charge in [-0.25, -0.2) is 0 Å². The highest BCUT2D eigenvalue weighted by molar-refractivity contribution is 5.41. The van der Waals surface area contributed by atoms with E-state index in [9.17, 15) is 0 Å². The average Bonchev–Trinajstić information content (AvgIpc) is 2.27. The molecule has 14 heavy (non-hydrogen) atoms. The molecule has 2 rings (SSSR count). The molecule has 2 nitrogen and oxygen atoms in total. The number of methoxy groups -OCH3 is 1. The Balaban J connectivity index is 2.27. The number of hydrogen-bond acceptors (Lipinski definition) is 2. The zero-order valence-electron chi connectivity index (χ0n) is 8.32. The molecule has 74 valence electrons. The molecule has 0 bridgehead atoms. The zero-order valence-corrected chi connectivity index (χ0v) is 8.32. The standard InChI is InChI=1S/C12H14O2/c1-3-10-5-4-9-8-11(13-2)6-7-12(9)14-10/h3,6-8,10H,1,4-5H2,2H3/t10-/m0/s1. The van der Waals surface area contributed by atoms with Crippen LogP contribution in [-0.2, 0) is 6.42 Å². The van der Waals surface area contributed by atoms with Crippen molar-refractivity contribution in [1.29, 1.82) is 0 Å². The van der Waals surface area contributed by atoms with Crippen molar-refractivity contribution in [3.63, 3.8) is 0 Å². The summed E-state index contributed by atoms with van der Waals surface area (Å²) in [7, 11) is 1.68. The third-order valence-corrected chi connectivity index (χ3v) is 2.51. The maximum Gasteiger partial charge on any atom is 0.123 e. The van der Waals surface area contributed by atoms with Crippen LogP contribution < -0.4 is 9.47 Å². The first-order chi connectivity index (χ1) is 6.83. The van der Waals surface area contributed by atoms with Gasteiger partial charge in [0, 0.05) is 0 Å². The molecule has 2 heteroatoms. The number of aryl methyl sites for hydroxylation is 1. The lowest BCUT2D eigenvalue weighted by Gasteiger charge is -2.23. The Morgan fingerprint density at radius 1 is 1.57 bits per heavy atom. The molecule has 0 aromatic heterocycles. The van der Waals surface area contributed by atoms with E-state index in [-0.39, 0.29) is 6.10 Å². The molecule has 0 saturated carbocycles. The molecular weight excluding hydrogens is 176 g/mol. The van der Waals surface area contributed by atoms with E-state index in [1.165, 1.54) is 5.56 Å². The lowest BCUT2D eigenvalue weighted by molar-refractivity contribution is 0.218. The zero-order chi connectivity index (χ0) is 9.97. The van der Waals surface area contributed by atoms with E-state index in [0.717, 1.165) is 24.3 Å². The van der Waals surface area contributed by atoms with Crippen LogP contribution >= 0.6 is 0 Å². The van der Waals surface area contributed by atoms with Crippen molar-refractivity contribution in [2.24, 2.45) is 0 Å². The highest BCUT2D eigenvalue weighted by Gasteiger charge is 2.17. The van der Waals surface area contributed by atoms with Crippen molar-refractivity contribution in [1.82, 2.24) is 0 Å². The summed E-state index contributed by atoms with van der Waals surface area (Å²) in [5.41, 5.74) is 1.22. The van der Waals surface area contributed by atoms with Crippen LogP contribution in [0.3, 0.4) is 0 Å². The molecule has 1 atom stereocenters. The van der Waals surface area contributed by atoms with Crippen molar-refractivity contribution in [3.8, 4) is 11.5 Å². The molecule has 1 aromatic rings. The predicted octanol–water partition coefficient (Wildman–Crippen LogP) is 2.57. The summed E-state index contributed by atoms with van der Waals surface area (Å²) >= 11 is 0. The molecule has 1 aromatic carbocycles. The summed E-state index contributed by atoms with van der Waals surface area (Å²) in [6.07, 6.45) is 4.05. The summed E-state index contributed by atoms with van der Waals surface area (Å²) in [6.45, 7) is 3.74. The predicted molar refractivity (Wildman–Crippen MR) is 55.9 cm³/mol. The first kappa shape index (κ1) is 9.13. The van der Waals surface area contributed by atoms with Gasteiger partial charge in [0.1, 0.15) is 17.6 Å². The summed E-state index contributed by atoms with van der Waals surface area (Å²) < 4.78 is 10.9. The van der Waals surface area contributed by atoms with Crippen molar-refractivity contribution < 1.29 is 9.47 Å². The highest BCUT2D eigenvalue weighted by atomic mass is 16.5. The number of ether oxygens (including phenoxy) is 2. The number of rotatable bonds is 2. The molecule has 0 fully saturated rings. The van der Waals surface area contributed by atoms with Gasteiger partial charge in [0.15, 0.2) is 0 Å². The van der Waals surface area contributed by atoms with Crippen LogP contribution in [0.2, 0.25) is 0 Å². The lowest BCUT2D eigenvalue weighted by Crippen LogP contribution is -2.19. The minimum absolute atomic E-state index is 0.163. The van der Waals surface area contributed by atoms with Crippen molar-refractivity contribution >= 4 is 0 Å². The lowest BCUT2D eigenvalue weighted by atomic mass is 10.0. The molecule has 0 aliphatic carbocycles. The molecule has 0 saturated heterocycles. The fourth-order valence-electron chi connectivity index (χ4n) is 1.68. The molecule has 0 N–H and O–H groups in total. The third kappa shape index (κ3) is 1.60. The molecule has 0 unspecified atom stereocenters. The van der Waals surface area contributed by atoms with E-state index >= 15 is 0 Å². The maximum absolute atomic E-state index is 5.71. The largest absolute Gasteiger partial charge is 0.497 e. The molecule has 1 heterocycles. The van der Waals surface area contributed by atoms with Gasteiger partial charge < -0.3 is 9.47 Å². The van der Waals surface area contributed by atoms with Crippen LogP contribution in [0.25, 0.3) is 0 Å². The van der Waals surface area contributed by atoms with E-state index in [0.29, 0.717) is 0 Å². The van der Waals surface area contributed by atoms with Crippen LogP contribution in [-0.4, -0.2) is 13.2 Å². The van der Waals surface area contributed by atoms with Crippen LogP contribution in [0.1, 0.15) is 12.0 Å². The fourth-order valence-corrected chi connectivity index (χ4v) is 1.68. The molecule has 0 spiro atoms. The Labute approximate surface area is 84.2 Å². The molecule has 0 radical (unpaired) electrons. The number of fused-ring (bicyclic) bond motifs is 1. The number of hydrogen-bond donors (Lipinski definition) is 0. The Morgan fingerprint density at radius 3 is 3.14 bits per heavy atom. The highest BCUT2D eigenvalue weighted by Crippen LogP contribution is 2.30. The normalized spacial score (nSPS) is 19.4. The van der Waals surface area contributed by atoms with Crippen LogP contribution in [0.4, 0.5) is 0 Å². The van der Waals surface area contributed by atoms with Gasteiger partial charge >= 0.3 is 0 Å². The van der Waals surface area contributed by atoms with Gasteiger partial charge in [-0.1, -0.05) is 12.7 Å². The SMILES string of the molecule is C=C[C@H]1CCc2cc(OC)ccc2O1. The second-order valence-electron chi connectivity index (χ2n) is 3.40. The minimum Gasteiger partial charge on any atom is -0.497 e. The summed E-state index contributed by atoms with van der Waals surface area (Å²) in [4.78, 5) is 0. The van der Waals surface area contributed by atoms with Gasteiger partial charge in [0.2, 0.25) is 0 Å². The van der Waals surface area contributed by atoms with Gasteiger partial charge in [-0.05, 0) is 36.6 Å². The van der Waals surface area contributed by atoms with Crippen LogP contribution in [0, 0.1) is 0 Å². The Kier molecular flexibility index (Phi) is 2.44. The van der Waals surface area contributed by atoms with Gasteiger partial charge in [0.05, 0.1) is 7.11 Å². The second kappa shape index (κ2) is 3.74. The van der Waals surface area contributed by atoms with Crippen molar-refractivity contribution in [3.05, 3.63) is 36.4 Å². The molecule has 0 amide bonds. The van der Waals surface area contributed by atoms with Gasteiger partial charge in [-0.3, -0.25) is 0 Å². The van der Waals surface area contributed by atoms with E-state index in [1.807, 2.05) is 24.3 Å². The third-order valence-electron chi connectivity index (χ3n) is 2.51. The summed E-state index contributed by atoms with van der Waals surface area (Å²) in [5.74, 6) is 1.85. The smallest absolute Gasteiger partial charge is 0.123 e. The minimum atomic E-state index is 0.163. The topological polar surface area (TPSA) is 18.5 Å². The van der Waals surface area contributed by atoms with E-state index in [2.05, 4.69) is 6.58 Å². The first-order valence-corrected chi connectivity index (χ1v) is 4.79. The Bertz CT molecular complexity index is 344. The molecular formula is C12H14O2. The Morgan fingerprint density at radius 2 is 2.43 bits per heavy atom. The fraction of sp³-hybridized carbons (Fsp3) is 0.333. The number of benzene rings is 1. The maximum atomic E-state index is 5.71. The van der Waals surface area contributed by atoms with Crippen molar-refractivity contribution in [2.45, 2.75) is 18.9 Å². The van der Waals surface area contributed by atoms with Crippen molar-refractivity contribution in [2.75, 3.05) is 7.11 Å². The Hall–Kier alpha value is -1.44. The monoisotopic (exact) mass is 190 g/mol. The van der Waals surface area contributed by atoms with E-state index in [1.54, 1.807) is 7.11 Å². The summed E-state index contributed by atoms with van der Waals surface area (Å²) in [5, 5.41) is 0. The van der Waals surface area contributed by atoms with Gasteiger partial charge in [-0.15, -0.1) is 0 Å². The quantitative estimate of drug-likeness (QED) is 0.667. The summed E-state index contributed by atoms with van der Waals surface area (Å²) in [6, 6.07) is 5.92. The van der Waals surface area contributed by atoms with E-state index < -0.39 is 0 Å². The average molecular weight is 190 g/mol. The van der Waals surface area contributed by atoms with Crippen LogP contribution in [0.15, 0.2) is 30.9 Å². The van der Waals surface area contributed by atoms with Gasteiger partial charge in [0.25, 0.3) is 0 Å².